The second-order valence-corrected chi connectivity index (χ2v) is 5.44. The van der Waals surface area contributed by atoms with Crippen molar-refractivity contribution >= 4 is 0 Å². The lowest BCUT2D eigenvalue weighted by atomic mass is 9.87. The van der Waals surface area contributed by atoms with Crippen LogP contribution in [0.2, 0.25) is 0 Å². The van der Waals surface area contributed by atoms with Crippen molar-refractivity contribution in [3.05, 3.63) is 29.6 Å². The maximum absolute atomic E-state index is 5.90. The van der Waals surface area contributed by atoms with Gasteiger partial charge in [-0.15, -0.1) is 0 Å². The van der Waals surface area contributed by atoms with Crippen LogP contribution in [0.3, 0.4) is 0 Å². The number of aromatic nitrogens is 1. The van der Waals surface area contributed by atoms with E-state index in [1.54, 1.807) is 0 Å². The van der Waals surface area contributed by atoms with E-state index in [0.29, 0.717) is 0 Å². The lowest BCUT2D eigenvalue weighted by Gasteiger charge is -2.33. The number of hydrogen-bond donors (Lipinski definition) is 1. The highest BCUT2D eigenvalue weighted by Crippen LogP contribution is 2.21. The highest BCUT2D eigenvalue weighted by molar-refractivity contribution is 5.09. The Hall–Kier alpha value is -0.930. The number of hydrogen-bond acceptors (Lipinski definition) is 3. The van der Waals surface area contributed by atoms with Crippen molar-refractivity contribution in [2.45, 2.75) is 40.7 Å². The fourth-order valence-electron chi connectivity index (χ4n) is 2.06. The normalized spacial score (nSPS) is 14.8. The third-order valence-corrected chi connectivity index (χ3v) is 3.73. The predicted molar refractivity (Wildman–Crippen MR) is 77.4 cm³/mol. The molecule has 102 valence electrons. The minimum absolute atomic E-state index is 0.208. The van der Waals surface area contributed by atoms with E-state index in [4.69, 9.17) is 5.73 Å². The monoisotopic (exact) mass is 249 g/mol. The van der Waals surface area contributed by atoms with Gasteiger partial charge < -0.3 is 5.73 Å². The van der Waals surface area contributed by atoms with E-state index in [1.165, 1.54) is 0 Å². The van der Waals surface area contributed by atoms with Gasteiger partial charge in [-0.2, -0.15) is 0 Å². The van der Waals surface area contributed by atoms with Crippen LogP contribution >= 0.6 is 0 Å². The van der Waals surface area contributed by atoms with Gasteiger partial charge in [-0.05, 0) is 44.0 Å². The van der Waals surface area contributed by atoms with Crippen LogP contribution in [0.15, 0.2) is 18.2 Å². The van der Waals surface area contributed by atoms with E-state index in [2.05, 4.69) is 42.8 Å². The predicted octanol–water partition coefficient (Wildman–Crippen LogP) is 2.59. The fraction of sp³-hybridized carbons (Fsp3) is 0.667. The largest absolute Gasteiger partial charge is 0.330 e. The molecule has 0 aliphatic carbocycles. The molecule has 0 radical (unpaired) electrons. The third-order valence-electron chi connectivity index (χ3n) is 3.73. The summed E-state index contributed by atoms with van der Waals surface area (Å²) in [5.41, 5.74) is 8.33. The van der Waals surface area contributed by atoms with Gasteiger partial charge in [0.15, 0.2) is 0 Å². The molecule has 0 spiro atoms. The highest BCUT2D eigenvalue weighted by Gasteiger charge is 2.23. The van der Waals surface area contributed by atoms with Crippen molar-refractivity contribution < 1.29 is 0 Å². The molecule has 1 aromatic heterocycles. The molecule has 0 bridgehead atoms. The molecule has 1 aromatic rings. The summed E-state index contributed by atoms with van der Waals surface area (Å²) in [7, 11) is 0. The van der Waals surface area contributed by atoms with E-state index >= 15 is 0 Å². The molecule has 0 saturated carbocycles. The van der Waals surface area contributed by atoms with Crippen molar-refractivity contribution in [2.24, 2.45) is 11.1 Å². The van der Waals surface area contributed by atoms with Crippen molar-refractivity contribution in [1.29, 1.82) is 0 Å². The van der Waals surface area contributed by atoms with Crippen LogP contribution in [-0.2, 0) is 6.54 Å². The molecule has 0 amide bonds. The van der Waals surface area contributed by atoms with Crippen LogP contribution in [0.1, 0.15) is 38.6 Å². The third kappa shape index (κ3) is 4.39. The number of rotatable bonds is 7. The van der Waals surface area contributed by atoms with Crippen LogP contribution in [0.25, 0.3) is 0 Å². The summed E-state index contributed by atoms with van der Waals surface area (Å²) < 4.78 is 0. The smallest absolute Gasteiger partial charge is 0.0547 e. The molecule has 0 aliphatic heterocycles. The minimum atomic E-state index is 0.208. The van der Waals surface area contributed by atoms with Gasteiger partial charge in [0.1, 0.15) is 0 Å². The summed E-state index contributed by atoms with van der Waals surface area (Å²) in [4.78, 5) is 7.00. The molecular formula is C15H27N3. The number of nitrogens with zero attached hydrogens (tertiary/aromatic N) is 2. The first-order valence-electron chi connectivity index (χ1n) is 6.88. The summed E-state index contributed by atoms with van der Waals surface area (Å²) >= 11 is 0. The Labute approximate surface area is 111 Å². The number of pyridine rings is 1. The first-order valence-corrected chi connectivity index (χ1v) is 6.88. The minimum Gasteiger partial charge on any atom is -0.330 e. The van der Waals surface area contributed by atoms with E-state index in [9.17, 15) is 0 Å². The fourth-order valence-corrected chi connectivity index (χ4v) is 2.06. The van der Waals surface area contributed by atoms with E-state index in [-0.39, 0.29) is 5.41 Å². The Bertz CT molecular complexity index is 359. The van der Waals surface area contributed by atoms with Crippen LogP contribution in [0.5, 0.6) is 0 Å². The molecule has 1 rings (SSSR count). The molecule has 0 saturated heterocycles. The average molecular weight is 249 g/mol. The molecule has 0 aliphatic rings. The van der Waals surface area contributed by atoms with Crippen molar-refractivity contribution in [1.82, 2.24) is 9.88 Å². The van der Waals surface area contributed by atoms with Gasteiger partial charge in [-0.1, -0.05) is 26.8 Å². The molecule has 0 aromatic carbocycles. The molecule has 3 nitrogen and oxygen atoms in total. The quantitative estimate of drug-likeness (QED) is 0.807. The molecule has 1 atom stereocenters. The van der Waals surface area contributed by atoms with Crippen molar-refractivity contribution in [2.75, 3.05) is 19.6 Å². The van der Waals surface area contributed by atoms with Gasteiger partial charge >= 0.3 is 0 Å². The molecule has 1 unspecified atom stereocenters. The summed E-state index contributed by atoms with van der Waals surface area (Å²) in [6.45, 7) is 12.4. The number of aryl methyl sites for hydroxylation is 1. The Morgan fingerprint density at radius 3 is 2.56 bits per heavy atom. The van der Waals surface area contributed by atoms with Crippen LogP contribution in [0, 0.1) is 12.3 Å². The maximum atomic E-state index is 5.90. The maximum Gasteiger partial charge on any atom is 0.0547 e. The second kappa shape index (κ2) is 6.86. The standard InChI is InChI=1S/C15H27N3/c1-5-15(4,11-16)12-18(6-2)10-14-9-7-8-13(3)17-14/h7-9H,5-6,10-12,16H2,1-4H3. The zero-order chi connectivity index (χ0) is 13.6. The van der Waals surface area contributed by atoms with Crippen molar-refractivity contribution in [3.8, 4) is 0 Å². The molecule has 0 fully saturated rings. The molecular weight excluding hydrogens is 222 g/mol. The van der Waals surface area contributed by atoms with E-state index in [1.807, 2.05) is 13.0 Å². The first kappa shape index (κ1) is 15.1. The molecule has 1 heterocycles. The van der Waals surface area contributed by atoms with Crippen LogP contribution in [0.4, 0.5) is 0 Å². The van der Waals surface area contributed by atoms with Gasteiger partial charge in [0.25, 0.3) is 0 Å². The topological polar surface area (TPSA) is 42.2 Å². The lowest BCUT2D eigenvalue weighted by molar-refractivity contribution is 0.162. The van der Waals surface area contributed by atoms with Crippen molar-refractivity contribution in [3.63, 3.8) is 0 Å². The van der Waals surface area contributed by atoms with Gasteiger partial charge in [0.05, 0.1) is 5.69 Å². The lowest BCUT2D eigenvalue weighted by Crippen LogP contribution is -2.40. The molecule has 3 heteroatoms. The summed E-state index contributed by atoms with van der Waals surface area (Å²) in [5.74, 6) is 0. The van der Waals surface area contributed by atoms with E-state index in [0.717, 1.165) is 44.0 Å². The highest BCUT2D eigenvalue weighted by atomic mass is 15.1. The zero-order valence-electron chi connectivity index (χ0n) is 12.2. The van der Waals surface area contributed by atoms with Gasteiger partial charge in [-0.25, -0.2) is 0 Å². The Kier molecular flexibility index (Phi) is 5.76. The second-order valence-electron chi connectivity index (χ2n) is 5.44. The summed E-state index contributed by atoms with van der Waals surface area (Å²) in [5, 5.41) is 0. The van der Waals surface area contributed by atoms with Gasteiger partial charge in [-0.3, -0.25) is 9.88 Å². The average Bonchev–Trinajstić information content (AvgIpc) is 2.38. The molecule has 2 N–H and O–H groups in total. The van der Waals surface area contributed by atoms with Gasteiger partial charge in [0.2, 0.25) is 0 Å². The Balaban J connectivity index is 2.67. The van der Waals surface area contributed by atoms with Crippen LogP contribution in [-0.4, -0.2) is 29.5 Å². The Morgan fingerprint density at radius 1 is 1.33 bits per heavy atom. The number of nitrogens with two attached hydrogens (primary N) is 1. The SMILES string of the molecule is CCN(Cc1cccc(C)n1)CC(C)(CC)CN. The molecule has 18 heavy (non-hydrogen) atoms. The summed E-state index contributed by atoms with van der Waals surface area (Å²) in [6.07, 6.45) is 1.11. The van der Waals surface area contributed by atoms with Crippen LogP contribution < -0.4 is 5.73 Å². The van der Waals surface area contributed by atoms with E-state index < -0.39 is 0 Å². The first-order chi connectivity index (χ1) is 8.53. The Morgan fingerprint density at radius 2 is 2.06 bits per heavy atom. The summed E-state index contributed by atoms with van der Waals surface area (Å²) in [6, 6.07) is 6.21. The van der Waals surface area contributed by atoms with Gasteiger partial charge in [0, 0.05) is 18.8 Å². The zero-order valence-corrected chi connectivity index (χ0v) is 12.2.